The van der Waals surface area contributed by atoms with E-state index in [0.29, 0.717) is 13.1 Å². The van der Waals surface area contributed by atoms with E-state index in [0.717, 1.165) is 0 Å². The Balaban J connectivity index is 2.08. The van der Waals surface area contributed by atoms with Crippen LogP contribution in [0.5, 0.6) is 0 Å². The quantitative estimate of drug-likeness (QED) is 0.680. The lowest BCUT2D eigenvalue weighted by Crippen LogP contribution is -2.44. The van der Waals surface area contributed by atoms with E-state index in [-0.39, 0.29) is 10.5 Å². The molecule has 2 amide bonds. The van der Waals surface area contributed by atoms with Gasteiger partial charge in [-0.05, 0) is 25.1 Å². The fourth-order valence-corrected chi connectivity index (χ4v) is 3.94. The predicted molar refractivity (Wildman–Crippen MR) is 99.1 cm³/mol. The molecule has 0 aliphatic heterocycles. The van der Waals surface area contributed by atoms with Crippen LogP contribution >= 0.6 is 0 Å². The third-order valence-corrected chi connectivity index (χ3v) is 6.14. The summed E-state index contributed by atoms with van der Waals surface area (Å²) in [6, 6.07) is 5.11. The molecular formula is C17H23N5O4S. The van der Waals surface area contributed by atoms with Crippen molar-refractivity contribution in [1.82, 2.24) is 24.7 Å². The first kappa shape index (κ1) is 20.6. The Morgan fingerprint density at radius 3 is 2.52 bits per heavy atom. The molecule has 0 spiro atoms. The minimum absolute atomic E-state index is 0.0250. The highest BCUT2D eigenvalue weighted by molar-refractivity contribution is 7.89. The van der Waals surface area contributed by atoms with Crippen molar-refractivity contribution in [3.05, 3.63) is 48.5 Å². The molecule has 0 aliphatic rings. The van der Waals surface area contributed by atoms with E-state index in [9.17, 15) is 18.0 Å². The van der Waals surface area contributed by atoms with Gasteiger partial charge in [-0.3, -0.25) is 20.4 Å². The van der Waals surface area contributed by atoms with E-state index in [1.807, 2.05) is 0 Å². The van der Waals surface area contributed by atoms with Crippen LogP contribution in [0, 0.1) is 0 Å². The average Bonchev–Trinajstić information content (AvgIpc) is 3.20. The second-order valence-electron chi connectivity index (χ2n) is 5.75. The number of carbonyl (C=O) groups excluding carboxylic acids is 2. The molecule has 2 rings (SSSR count). The van der Waals surface area contributed by atoms with Crippen molar-refractivity contribution >= 4 is 21.8 Å². The zero-order valence-electron chi connectivity index (χ0n) is 15.4. The van der Waals surface area contributed by atoms with Crippen molar-refractivity contribution in [2.24, 2.45) is 0 Å². The molecule has 0 saturated carbocycles. The first-order valence-electron chi connectivity index (χ1n) is 8.49. The number of benzene rings is 1. The molecule has 10 heteroatoms. The van der Waals surface area contributed by atoms with Crippen molar-refractivity contribution in [3.8, 4) is 0 Å². The molecule has 1 atom stereocenters. The number of nitrogens with zero attached hydrogens (tertiary/aromatic N) is 3. The number of sulfonamides is 1. The summed E-state index contributed by atoms with van der Waals surface area (Å²) in [6.07, 6.45) is 4.67. The summed E-state index contributed by atoms with van der Waals surface area (Å²) in [4.78, 5) is 28.3. The minimum Gasteiger partial charge on any atom is -0.325 e. The molecule has 1 aromatic heterocycles. The predicted octanol–water partition coefficient (Wildman–Crippen LogP) is 0.936. The van der Waals surface area contributed by atoms with Gasteiger partial charge in [-0.25, -0.2) is 13.4 Å². The highest BCUT2D eigenvalue weighted by atomic mass is 32.2. The molecule has 0 aliphatic carbocycles. The average molecular weight is 393 g/mol. The van der Waals surface area contributed by atoms with Gasteiger partial charge in [0.05, 0.1) is 11.2 Å². The molecule has 0 bridgehead atoms. The summed E-state index contributed by atoms with van der Waals surface area (Å²) in [5, 5.41) is 0. The van der Waals surface area contributed by atoms with Crippen LogP contribution in [0.4, 0.5) is 0 Å². The van der Waals surface area contributed by atoms with E-state index in [1.54, 1.807) is 37.7 Å². The van der Waals surface area contributed by atoms with Crippen LogP contribution in [0.15, 0.2) is 47.9 Å². The fourth-order valence-electron chi connectivity index (χ4n) is 2.44. The number of hydrogen-bond acceptors (Lipinski definition) is 5. The van der Waals surface area contributed by atoms with Crippen LogP contribution in [0.25, 0.3) is 0 Å². The summed E-state index contributed by atoms with van der Waals surface area (Å²) in [5.41, 5.74) is 4.75. The third-order valence-electron chi connectivity index (χ3n) is 4.09. The van der Waals surface area contributed by atoms with Crippen molar-refractivity contribution in [2.75, 3.05) is 13.1 Å². The van der Waals surface area contributed by atoms with Crippen LogP contribution < -0.4 is 10.9 Å². The lowest BCUT2D eigenvalue weighted by atomic mass is 10.2. The highest BCUT2D eigenvalue weighted by Crippen LogP contribution is 2.17. The summed E-state index contributed by atoms with van der Waals surface area (Å²) in [7, 11) is -3.68. The van der Waals surface area contributed by atoms with Crippen molar-refractivity contribution in [1.29, 1.82) is 0 Å². The van der Waals surface area contributed by atoms with Gasteiger partial charge in [0, 0.05) is 31.0 Å². The van der Waals surface area contributed by atoms with Crippen LogP contribution in [0.3, 0.4) is 0 Å². The molecule has 0 saturated heterocycles. The number of rotatable bonds is 7. The first-order chi connectivity index (χ1) is 12.8. The van der Waals surface area contributed by atoms with Gasteiger partial charge < -0.3 is 4.57 Å². The smallest absolute Gasteiger partial charge is 0.269 e. The first-order valence-corrected chi connectivity index (χ1v) is 9.93. The molecule has 9 nitrogen and oxygen atoms in total. The van der Waals surface area contributed by atoms with E-state index in [1.165, 1.54) is 34.9 Å². The van der Waals surface area contributed by atoms with Crippen molar-refractivity contribution in [3.63, 3.8) is 0 Å². The van der Waals surface area contributed by atoms with Gasteiger partial charge in [-0.15, -0.1) is 0 Å². The SMILES string of the molecule is CCN(CC)S(=O)(=O)c1cccc(C(=O)NNC(=O)C(C)n2ccnc2)c1. The third kappa shape index (κ3) is 4.72. The van der Waals surface area contributed by atoms with Crippen LogP contribution in [0.2, 0.25) is 0 Å². The number of carbonyl (C=O) groups is 2. The van der Waals surface area contributed by atoms with Crippen molar-refractivity contribution < 1.29 is 18.0 Å². The number of amides is 2. The minimum atomic E-state index is -3.68. The lowest BCUT2D eigenvalue weighted by Gasteiger charge is -2.19. The molecule has 1 aromatic carbocycles. The van der Waals surface area contributed by atoms with Gasteiger partial charge in [0.25, 0.3) is 11.8 Å². The largest absolute Gasteiger partial charge is 0.325 e. The molecule has 0 radical (unpaired) electrons. The van der Waals surface area contributed by atoms with Crippen LogP contribution in [-0.4, -0.2) is 47.2 Å². The Hall–Kier alpha value is -2.72. The lowest BCUT2D eigenvalue weighted by molar-refractivity contribution is -0.124. The summed E-state index contributed by atoms with van der Waals surface area (Å²) < 4.78 is 28.0. The number of hydrazine groups is 1. The Labute approximate surface area is 158 Å². The molecule has 146 valence electrons. The Morgan fingerprint density at radius 2 is 1.93 bits per heavy atom. The van der Waals surface area contributed by atoms with Gasteiger partial charge in [0.15, 0.2) is 0 Å². The normalized spacial score (nSPS) is 12.6. The maximum atomic E-state index is 12.6. The number of imidazole rings is 1. The zero-order chi connectivity index (χ0) is 20.0. The molecule has 2 N–H and O–H groups in total. The molecule has 1 heterocycles. The Kier molecular flexibility index (Phi) is 6.70. The van der Waals surface area contributed by atoms with Crippen LogP contribution in [-0.2, 0) is 14.8 Å². The monoisotopic (exact) mass is 393 g/mol. The Morgan fingerprint density at radius 1 is 1.22 bits per heavy atom. The van der Waals surface area contributed by atoms with Gasteiger partial charge >= 0.3 is 0 Å². The topological polar surface area (TPSA) is 113 Å². The maximum Gasteiger partial charge on any atom is 0.269 e. The van der Waals surface area contributed by atoms with Gasteiger partial charge in [0.2, 0.25) is 10.0 Å². The van der Waals surface area contributed by atoms with Gasteiger partial charge in [-0.1, -0.05) is 19.9 Å². The van der Waals surface area contributed by atoms with Crippen LogP contribution in [0.1, 0.15) is 37.2 Å². The fraction of sp³-hybridized carbons (Fsp3) is 0.353. The molecule has 0 fully saturated rings. The second kappa shape index (κ2) is 8.78. The van der Waals surface area contributed by atoms with Crippen molar-refractivity contribution in [2.45, 2.75) is 31.7 Å². The molecule has 27 heavy (non-hydrogen) atoms. The summed E-state index contributed by atoms with van der Waals surface area (Å²) in [5.74, 6) is -1.05. The van der Waals surface area contributed by atoms with E-state index in [4.69, 9.17) is 0 Å². The highest BCUT2D eigenvalue weighted by Gasteiger charge is 2.23. The maximum absolute atomic E-state index is 12.6. The number of nitrogens with one attached hydrogen (secondary N) is 2. The molecule has 2 aromatic rings. The number of hydrogen-bond donors (Lipinski definition) is 2. The molecule has 1 unspecified atom stereocenters. The van der Waals surface area contributed by atoms with Gasteiger partial charge in [0.1, 0.15) is 6.04 Å². The van der Waals surface area contributed by atoms with E-state index < -0.39 is 27.9 Å². The molecular weight excluding hydrogens is 370 g/mol. The standard InChI is InChI=1S/C17H23N5O4S/c1-4-22(5-2)27(25,26)15-8-6-7-14(11-15)17(24)20-19-16(23)13(3)21-10-9-18-12-21/h6-13H,4-5H2,1-3H3,(H,19,23)(H,20,24). The summed E-state index contributed by atoms with van der Waals surface area (Å²) >= 11 is 0. The van der Waals surface area contributed by atoms with E-state index in [2.05, 4.69) is 15.8 Å². The van der Waals surface area contributed by atoms with Gasteiger partial charge in [-0.2, -0.15) is 4.31 Å². The zero-order valence-corrected chi connectivity index (χ0v) is 16.2. The summed E-state index contributed by atoms with van der Waals surface area (Å²) in [6.45, 7) is 5.80. The second-order valence-corrected chi connectivity index (χ2v) is 7.68. The Bertz CT molecular complexity index is 892. The van der Waals surface area contributed by atoms with E-state index >= 15 is 0 Å². The number of aromatic nitrogens is 2.